The number of rotatable bonds is 6. The Labute approximate surface area is 197 Å². The van der Waals surface area contributed by atoms with E-state index in [1.54, 1.807) is 59.4 Å². The highest BCUT2D eigenvalue weighted by Crippen LogP contribution is 2.27. The SMILES string of the molecule is CC(C)(C)CC(=O)Nc1ccc2c(c1)cc(C(=O)Nc1ccncc1)n2Cc1ccccc1F. The third-order valence-corrected chi connectivity index (χ3v) is 5.33. The number of halogens is 1. The van der Waals surface area contributed by atoms with Crippen molar-refractivity contribution in [1.82, 2.24) is 9.55 Å². The van der Waals surface area contributed by atoms with Crippen molar-refractivity contribution in [2.24, 2.45) is 5.41 Å². The van der Waals surface area contributed by atoms with Crippen LogP contribution in [0.25, 0.3) is 10.9 Å². The van der Waals surface area contributed by atoms with Gasteiger partial charge in [-0.3, -0.25) is 14.6 Å². The van der Waals surface area contributed by atoms with Gasteiger partial charge in [0.2, 0.25) is 5.91 Å². The summed E-state index contributed by atoms with van der Waals surface area (Å²) in [5.74, 6) is -0.735. The predicted molar refractivity (Wildman–Crippen MR) is 132 cm³/mol. The van der Waals surface area contributed by atoms with Crippen LogP contribution >= 0.6 is 0 Å². The van der Waals surface area contributed by atoms with E-state index in [1.807, 2.05) is 32.9 Å². The van der Waals surface area contributed by atoms with E-state index in [-0.39, 0.29) is 29.6 Å². The molecule has 0 spiro atoms. The molecular weight excluding hydrogens is 431 g/mol. The molecule has 0 atom stereocenters. The van der Waals surface area contributed by atoms with Gasteiger partial charge in [-0.25, -0.2) is 4.39 Å². The smallest absolute Gasteiger partial charge is 0.272 e. The second-order valence-corrected chi connectivity index (χ2v) is 9.46. The molecule has 0 saturated heterocycles. The van der Waals surface area contributed by atoms with E-state index in [4.69, 9.17) is 0 Å². The van der Waals surface area contributed by atoms with Crippen molar-refractivity contribution in [2.75, 3.05) is 10.6 Å². The first-order chi connectivity index (χ1) is 16.2. The molecule has 2 N–H and O–H groups in total. The van der Waals surface area contributed by atoms with E-state index in [2.05, 4.69) is 15.6 Å². The number of fused-ring (bicyclic) bond motifs is 1. The van der Waals surface area contributed by atoms with Crippen LogP contribution in [0.4, 0.5) is 15.8 Å². The van der Waals surface area contributed by atoms with Crippen LogP contribution in [0.2, 0.25) is 0 Å². The van der Waals surface area contributed by atoms with Gasteiger partial charge in [-0.05, 0) is 47.9 Å². The number of benzene rings is 2. The molecule has 0 bridgehead atoms. The van der Waals surface area contributed by atoms with Gasteiger partial charge in [0.25, 0.3) is 5.91 Å². The van der Waals surface area contributed by atoms with Crippen molar-refractivity contribution >= 4 is 34.1 Å². The Morgan fingerprint density at radius 3 is 2.38 bits per heavy atom. The summed E-state index contributed by atoms with van der Waals surface area (Å²) in [5, 5.41) is 6.57. The predicted octanol–water partition coefficient (Wildman–Crippen LogP) is 5.85. The molecular formula is C27H27FN4O2. The minimum absolute atomic E-state index is 0.0757. The largest absolute Gasteiger partial charge is 0.332 e. The van der Waals surface area contributed by atoms with Gasteiger partial charge in [0.15, 0.2) is 0 Å². The Hall–Kier alpha value is -4.00. The number of nitrogens with zero attached hydrogens (tertiary/aromatic N) is 2. The maximum Gasteiger partial charge on any atom is 0.272 e. The fraction of sp³-hybridized carbons (Fsp3) is 0.222. The van der Waals surface area contributed by atoms with Crippen LogP contribution in [0.3, 0.4) is 0 Å². The Balaban J connectivity index is 1.71. The van der Waals surface area contributed by atoms with Crippen LogP contribution in [0, 0.1) is 11.2 Å². The lowest BCUT2D eigenvalue weighted by molar-refractivity contribution is -0.117. The number of pyridine rings is 1. The second kappa shape index (κ2) is 9.47. The summed E-state index contributed by atoms with van der Waals surface area (Å²) in [4.78, 5) is 29.5. The lowest BCUT2D eigenvalue weighted by atomic mass is 9.92. The number of carbonyl (C=O) groups is 2. The van der Waals surface area contributed by atoms with E-state index in [0.717, 1.165) is 10.9 Å². The van der Waals surface area contributed by atoms with E-state index >= 15 is 0 Å². The molecule has 0 unspecified atom stereocenters. The number of carbonyl (C=O) groups excluding carboxylic acids is 2. The van der Waals surface area contributed by atoms with Crippen LogP contribution in [0.15, 0.2) is 73.1 Å². The van der Waals surface area contributed by atoms with Crippen molar-refractivity contribution in [3.63, 3.8) is 0 Å². The molecule has 2 amide bonds. The van der Waals surface area contributed by atoms with Crippen molar-refractivity contribution in [3.05, 3.63) is 90.1 Å². The average Bonchev–Trinajstić information content (AvgIpc) is 3.12. The lowest BCUT2D eigenvalue weighted by Crippen LogP contribution is -2.19. The van der Waals surface area contributed by atoms with Crippen LogP contribution < -0.4 is 10.6 Å². The average molecular weight is 459 g/mol. The molecule has 34 heavy (non-hydrogen) atoms. The Bertz CT molecular complexity index is 1340. The summed E-state index contributed by atoms with van der Waals surface area (Å²) in [6, 6.07) is 17.1. The number of nitrogens with one attached hydrogen (secondary N) is 2. The lowest BCUT2D eigenvalue weighted by Gasteiger charge is -2.17. The summed E-state index contributed by atoms with van der Waals surface area (Å²) >= 11 is 0. The zero-order chi connectivity index (χ0) is 24.3. The normalized spacial score (nSPS) is 11.4. The minimum Gasteiger partial charge on any atom is -0.332 e. The molecule has 0 fully saturated rings. The molecule has 0 radical (unpaired) electrons. The van der Waals surface area contributed by atoms with E-state index in [0.29, 0.717) is 29.1 Å². The first-order valence-electron chi connectivity index (χ1n) is 11.1. The van der Waals surface area contributed by atoms with Crippen molar-refractivity contribution < 1.29 is 14.0 Å². The van der Waals surface area contributed by atoms with Crippen molar-refractivity contribution in [1.29, 1.82) is 0 Å². The van der Waals surface area contributed by atoms with Gasteiger partial charge in [-0.1, -0.05) is 39.0 Å². The summed E-state index contributed by atoms with van der Waals surface area (Å²) in [7, 11) is 0. The van der Waals surface area contributed by atoms with Gasteiger partial charge in [-0.2, -0.15) is 0 Å². The molecule has 4 aromatic rings. The van der Waals surface area contributed by atoms with E-state index < -0.39 is 0 Å². The Kier molecular flexibility index (Phi) is 6.45. The number of aromatic nitrogens is 2. The summed E-state index contributed by atoms with van der Waals surface area (Å²) in [5.41, 5.74) is 2.74. The van der Waals surface area contributed by atoms with Crippen molar-refractivity contribution in [2.45, 2.75) is 33.7 Å². The standard InChI is InChI=1S/C27H27FN4O2/c1-27(2,3)16-25(33)30-21-8-9-23-19(14-21)15-24(26(34)31-20-10-12-29-13-11-20)32(23)17-18-6-4-5-7-22(18)28/h4-15H,16-17H2,1-3H3,(H,30,33)(H,29,31,34). The highest BCUT2D eigenvalue weighted by Gasteiger charge is 2.19. The summed E-state index contributed by atoms with van der Waals surface area (Å²) in [6.45, 7) is 6.20. The second-order valence-electron chi connectivity index (χ2n) is 9.46. The number of hydrogen-bond acceptors (Lipinski definition) is 3. The molecule has 4 rings (SSSR count). The third-order valence-electron chi connectivity index (χ3n) is 5.33. The molecule has 6 nitrogen and oxygen atoms in total. The van der Waals surface area contributed by atoms with Crippen LogP contribution in [-0.2, 0) is 11.3 Å². The molecule has 2 aromatic carbocycles. The molecule has 0 aliphatic carbocycles. The molecule has 2 aromatic heterocycles. The van der Waals surface area contributed by atoms with Gasteiger partial charge in [0.05, 0.1) is 6.54 Å². The third kappa shape index (κ3) is 5.49. The number of anilines is 2. The minimum atomic E-state index is -0.337. The molecule has 0 aliphatic heterocycles. The fourth-order valence-corrected chi connectivity index (χ4v) is 3.82. The number of hydrogen-bond donors (Lipinski definition) is 2. The van der Waals surface area contributed by atoms with Gasteiger partial charge in [0, 0.05) is 46.7 Å². The van der Waals surface area contributed by atoms with Crippen molar-refractivity contribution in [3.8, 4) is 0 Å². The topological polar surface area (TPSA) is 76.0 Å². The van der Waals surface area contributed by atoms with Gasteiger partial charge in [-0.15, -0.1) is 0 Å². The summed E-state index contributed by atoms with van der Waals surface area (Å²) < 4.78 is 16.2. The first-order valence-corrected chi connectivity index (χ1v) is 11.1. The first kappa shape index (κ1) is 23.2. The zero-order valence-corrected chi connectivity index (χ0v) is 19.4. The van der Waals surface area contributed by atoms with Gasteiger partial charge >= 0.3 is 0 Å². The van der Waals surface area contributed by atoms with E-state index in [1.165, 1.54) is 6.07 Å². The van der Waals surface area contributed by atoms with Crippen LogP contribution in [0.1, 0.15) is 43.2 Å². The molecule has 0 aliphatic rings. The van der Waals surface area contributed by atoms with Gasteiger partial charge < -0.3 is 15.2 Å². The maximum atomic E-state index is 14.4. The van der Waals surface area contributed by atoms with Gasteiger partial charge in [0.1, 0.15) is 11.5 Å². The fourth-order valence-electron chi connectivity index (χ4n) is 3.82. The highest BCUT2D eigenvalue weighted by atomic mass is 19.1. The van der Waals surface area contributed by atoms with E-state index in [9.17, 15) is 14.0 Å². The Morgan fingerprint density at radius 2 is 1.68 bits per heavy atom. The van der Waals surface area contributed by atoms with Crippen LogP contribution in [-0.4, -0.2) is 21.4 Å². The highest BCUT2D eigenvalue weighted by molar-refractivity contribution is 6.07. The molecule has 2 heterocycles. The Morgan fingerprint density at radius 1 is 0.941 bits per heavy atom. The quantitative estimate of drug-likeness (QED) is 0.380. The number of amides is 2. The molecule has 7 heteroatoms. The monoisotopic (exact) mass is 458 g/mol. The summed E-state index contributed by atoms with van der Waals surface area (Å²) in [6.07, 6.45) is 3.58. The zero-order valence-electron chi connectivity index (χ0n) is 19.4. The van der Waals surface area contributed by atoms with Crippen LogP contribution in [0.5, 0.6) is 0 Å². The maximum absolute atomic E-state index is 14.4. The molecule has 174 valence electrons. The molecule has 0 saturated carbocycles.